The van der Waals surface area contributed by atoms with Crippen molar-refractivity contribution in [3.63, 3.8) is 0 Å². The molecule has 0 radical (unpaired) electrons. The van der Waals surface area contributed by atoms with E-state index in [2.05, 4.69) is 4.98 Å². The molecule has 0 saturated heterocycles. The first-order valence-electron chi connectivity index (χ1n) is 6.39. The molecule has 1 atom stereocenters. The van der Waals surface area contributed by atoms with Gasteiger partial charge in [-0.1, -0.05) is 0 Å². The Bertz CT molecular complexity index is 672. The van der Waals surface area contributed by atoms with Crippen molar-refractivity contribution in [3.8, 4) is 22.1 Å². The van der Waals surface area contributed by atoms with Crippen molar-refractivity contribution in [2.75, 3.05) is 6.79 Å². The summed E-state index contributed by atoms with van der Waals surface area (Å²) in [6.45, 7) is 2.07. The maximum atomic E-state index is 11.0. The lowest BCUT2D eigenvalue weighted by atomic mass is 10.2. The van der Waals surface area contributed by atoms with E-state index < -0.39 is 0 Å². The Morgan fingerprint density at radius 2 is 2.29 bits per heavy atom. The first-order chi connectivity index (χ1) is 10.1. The molecule has 110 valence electrons. The zero-order valence-corrected chi connectivity index (χ0v) is 13.0. The maximum Gasteiger partial charge on any atom is 0.231 e. The fourth-order valence-electron chi connectivity index (χ4n) is 1.83. The van der Waals surface area contributed by atoms with E-state index in [1.807, 2.05) is 23.6 Å². The van der Waals surface area contributed by atoms with Crippen LogP contribution in [-0.2, 0) is 10.5 Å². The number of rotatable bonds is 5. The van der Waals surface area contributed by atoms with Gasteiger partial charge < -0.3 is 15.2 Å². The van der Waals surface area contributed by atoms with Gasteiger partial charge in [-0.25, -0.2) is 4.98 Å². The average Bonchev–Trinajstić information content (AvgIpc) is 3.12. The molecule has 0 fully saturated rings. The highest BCUT2D eigenvalue weighted by atomic mass is 32.2. The van der Waals surface area contributed by atoms with Gasteiger partial charge in [-0.15, -0.1) is 23.1 Å². The highest BCUT2D eigenvalue weighted by Crippen LogP contribution is 2.37. The molecule has 3 rings (SSSR count). The topological polar surface area (TPSA) is 74.4 Å². The summed E-state index contributed by atoms with van der Waals surface area (Å²) in [6, 6.07) is 5.79. The Hall–Kier alpha value is -1.73. The van der Waals surface area contributed by atoms with Gasteiger partial charge in [-0.2, -0.15) is 0 Å². The molecule has 2 N–H and O–H groups in total. The normalized spacial score (nSPS) is 14.1. The quantitative estimate of drug-likeness (QED) is 0.916. The Morgan fingerprint density at radius 3 is 3.10 bits per heavy atom. The first-order valence-corrected chi connectivity index (χ1v) is 8.31. The predicted molar refractivity (Wildman–Crippen MR) is 83.6 cm³/mol. The van der Waals surface area contributed by atoms with Crippen molar-refractivity contribution in [2.45, 2.75) is 17.9 Å². The molecule has 0 spiro atoms. The van der Waals surface area contributed by atoms with Crippen LogP contribution in [0.2, 0.25) is 0 Å². The molecular weight excluding hydrogens is 308 g/mol. The summed E-state index contributed by atoms with van der Waals surface area (Å²) in [7, 11) is 0. The summed E-state index contributed by atoms with van der Waals surface area (Å²) in [5, 5.41) is 2.72. The molecule has 1 aromatic carbocycles. The number of carbonyl (C=O) groups excluding carboxylic acids is 1. The maximum absolute atomic E-state index is 11.0. The number of aromatic nitrogens is 1. The number of ether oxygens (including phenoxy) is 2. The second kappa shape index (κ2) is 5.95. The van der Waals surface area contributed by atoms with Gasteiger partial charge in [0.1, 0.15) is 5.01 Å². The summed E-state index contributed by atoms with van der Waals surface area (Å²) in [6.07, 6.45) is 0. The SMILES string of the molecule is C[C@H](SCc1csc(-c2ccc3c(c2)OCO3)n1)C(N)=O. The Morgan fingerprint density at radius 1 is 1.48 bits per heavy atom. The van der Waals surface area contributed by atoms with Crippen LogP contribution in [0, 0.1) is 0 Å². The molecule has 1 aliphatic rings. The van der Waals surface area contributed by atoms with Crippen LogP contribution in [0.1, 0.15) is 12.6 Å². The zero-order chi connectivity index (χ0) is 14.8. The average molecular weight is 322 g/mol. The number of hydrogen-bond acceptors (Lipinski definition) is 6. The Kier molecular flexibility index (Phi) is 4.03. The van der Waals surface area contributed by atoms with Crippen molar-refractivity contribution in [1.29, 1.82) is 0 Å². The minimum atomic E-state index is -0.300. The van der Waals surface area contributed by atoms with Crippen LogP contribution < -0.4 is 15.2 Å². The van der Waals surface area contributed by atoms with Gasteiger partial charge in [-0.3, -0.25) is 4.79 Å². The number of primary amides is 1. The highest BCUT2D eigenvalue weighted by Gasteiger charge is 2.16. The van der Waals surface area contributed by atoms with E-state index in [4.69, 9.17) is 15.2 Å². The molecule has 0 saturated carbocycles. The minimum Gasteiger partial charge on any atom is -0.454 e. The molecule has 2 aromatic rings. The van der Waals surface area contributed by atoms with Gasteiger partial charge in [-0.05, 0) is 25.1 Å². The lowest BCUT2D eigenvalue weighted by molar-refractivity contribution is -0.117. The van der Waals surface area contributed by atoms with Crippen molar-refractivity contribution >= 4 is 29.0 Å². The van der Waals surface area contributed by atoms with Gasteiger partial charge in [0.05, 0.1) is 10.9 Å². The number of carbonyl (C=O) groups is 1. The molecule has 1 amide bonds. The second-order valence-electron chi connectivity index (χ2n) is 4.57. The highest BCUT2D eigenvalue weighted by molar-refractivity contribution is 7.99. The molecule has 0 unspecified atom stereocenters. The number of amides is 1. The standard InChI is InChI=1S/C14H14N2O3S2/c1-8(13(15)17)20-5-10-6-21-14(16-10)9-2-3-11-12(4-9)19-7-18-11/h2-4,6,8H,5,7H2,1H3,(H2,15,17)/t8-/m0/s1. The van der Waals surface area contributed by atoms with Crippen molar-refractivity contribution in [2.24, 2.45) is 5.73 Å². The number of thiazole rings is 1. The van der Waals surface area contributed by atoms with Crippen molar-refractivity contribution in [3.05, 3.63) is 29.3 Å². The molecule has 1 aromatic heterocycles. The number of fused-ring (bicyclic) bond motifs is 1. The second-order valence-corrected chi connectivity index (χ2v) is 6.75. The van der Waals surface area contributed by atoms with Crippen molar-refractivity contribution < 1.29 is 14.3 Å². The van der Waals surface area contributed by atoms with E-state index in [9.17, 15) is 4.79 Å². The van der Waals surface area contributed by atoms with Gasteiger partial charge >= 0.3 is 0 Å². The lowest BCUT2D eigenvalue weighted by Gasteiger charge is -2.04. The van der Waals surface area contributed by atoms with Crippen LogP contribution in [0.5, 0.6) is 11.5 Å². The van der Waals surface area contributed by atoms with E-state index in [-0.39, 0.29) is 18.0 Å². The number of thioether (sulfide) groups is 1. The number of nitrogens with two attached hydrogens (primary N) is 1. The number of benzene rings is 1. The lowest BCUT2D eigenvalue weighted by Crippen LogP contribution is -2.22. The molecule has 1 aliphatic heterocycles. The number of hydrogen-bond donors (Lipinski definition) is 1. The molecule has 7 heteroatoms. The molecule has 5 nitrogen and oxygen atoms in total. The van der Waals surface area contributed by atoms with Gasteiger partial charge in [0, 0.05) is 16.7 Å². The third-order valence-corrected chi connectivity index (χ3v) is 5.19. The fourth-order valence-corrected chi connectivity index (χ4v) is 3.48. The van der Waals surface area contributed by atoms with Gasteiger partial charge in [0.25, 0.3) is 0 Å². The molecular formula is C14H14N2O3S2. The molecule has 2 heterocycles. The summed E-state index contributed by atoms with van der Waals surface area (Å²) < 4.78 is 10.7. The largest absolute Gasteiger partial charge is 0.454 e. The van der Waals surface area contributed by atoms with E-state index in [0.717, 1.165) is 27.8 Å². The number of nitrogens with zero attached hydrogens (tertiary/aromatic N) is 1. The van der Waals surface area contributed by atoms with Crippen LogP contribution >= 0.6 is 23.1 Å². The molecule has 0 aliphatic carbocycles. The minimum absolute atomic E-state index is 0.208. The Balaban J connectivity index is 1.71. The van der Waals surface area contributed by atoms with Gasteiger partial charge in [0.2, 0.25) is 12.7 Å². The van der Waals surface area contributed by atoms with Crippen LogP contribution in [0.3, 0.4) is 0 Å². The fraction of sp³-hybridized carbons (Fsp3) is 0.286. The summed E-state index contributed by atoms with van der Waals surface area (Å²) >= 11 is 3.06. The van der Waals surface area contributed by atoms with Crippen molar-refractivity contribution in [1.82, 2.24) is 4.98 Å². The van der Waals surface area contributed by atoms with E-state index in [1.54, 1.807) is 18.3 Å². The monoisotopic (exact) mass is 322 g/mol. The van der Waals surface area contributed by atoms with Crippen LogP contribution in [0.15, 0.2) is 23.6 Å². The summed E-state index contributed by atoms with van der Waals surface area (Å²) in [5.41, 5.74) is 7.20. The van der Waals surface area contributed by atoms with E-state index >= 15 is 0 Å². The zero-order valence-electron chi connectivity index (χ0n) is 11.4. The third-order valence-electron chi connectivity index (χ3n) is 3.05. The summed E-state index contributed by atoms with van der Waals surface area (Å²) in [4.78, 5) is 15.6. The van der Waals surface area contributed by atoms with E-state index in [1.165, 1.54) is 11.8 Å². The predicted octanol–water partition coefficient (Wildman–Crippen LogP) is 2.65. The summed E-state index contributed by atoms with van der Waals surface area (Å²) in [5.74, 6) is 1.89. The smallest absolute Gasteiger partial charge is 0.231 e. The Labute approximate surface area is 130 Å². The van der Waals surface area contributed by atoms with Crippen LogP contribution in [-0.4, -0.2) is 22.9 Å². The molecule has 0 bridgehead atoms. The van der Waals surface area contributed by atoms with E-state index in [0.29, 0.717) is 5.75 Å². The molecule has 21 heavy (non-hydrogen) atoms. The van der Waals surface area contributed by atoms with Crippen LogP contribution in [0.25, 0.3) is 10.6 Å². The third kappa shape index (κ3) is 3.14. The van der Waals surface area contributed by atoms with Crippen LogP contribution in [0.4, 0.5) is 0 Å². The first kappa shape index (κ1) is 14.2. The van der Waals surface area contributed by atoms with Gasteiger partial charge in [0.15, 0.2) is 11.5 Å².